The highest BCUT2D eigenvalue weighted by atomic mass is 35.5. The molecule has 25 heavy (non-hydrogen) atoms. The fraction of sp³-hybridized carbons (Fsp3) is 0.824. The largest absolute Gasteiger partial charge is 0.356 e. The maximum Gasteiger partial charge on any atom is 0.224 e. The fourth-order valence-corrected chi connectivity index (χ4v) is 2.89. The van der Waals surface area contributed by atoms with Crippen molar-refractivity contribution in [3.8, 4) is 0 Å². The van der Waals surface area contributed by atoms with Gasteiger partial charge in [-0.2, -0.15) is 0 Å². The first-order valence-electron chi connectivity index (χ1n) is 8.97. The number of rotatable bonds is 9. The van der Waals surface area contributed by atoms with Crippen LogP contribution in [-0.4, -0.2) is 54.8 Å². The van der Waals surface area contributed by atoms with Crippen molar-refractivity contribution in [1.82, 2.24) is 15.5 Å². The molecule has 0 spiro atoms. The van der Waals surface area contributed by atoms with Gasteiger partial charge in [-0.25, -0.2) is 0 Å². The van der Waals surface area contributed by atoms with Crippen LogP contribution in [-0.2, 0) is 14.4 Å². The van der Waals surface area contributed by atoms with Crippen molar-refractivity contribution in [3.63, 3.8) is 0 Å². The summed E-state index contributed by atoms with van der Waals surface area (Å²) in [4.78, 5) is 37.4. The van der Waals surface area contributed by atoms with Crippen molar-refractivity contribution >= 4 is 30.1 Å². The van der Waals surface area contributed by atoms with Crippen LogP contribution in [0.3, 0.4) is 0 Å². The van der Waals surface area contributed by atoms with Crippen LogP contribution >= 0.6 is 12.4 Å². The third-order valence-corrected chi connectivity index (χ3v) is 4.11. The summed E-state index contributed by atoms with van der Waals surface area (Å²) >= 11 is 0. The Labute approximate surface area is 156 Å². The van der Waals surface area contributed by atoms with Gasteiger partial charge in [-0.15, -0.1) is 12.4 Å². The van der Waals surface area contributed by atoms with Gasteiger partial charge in [0.15, 0.2) is 0 Å². The number of hydrogen-bond donors (Lipinski definition) is 3. The average Bonchev–Trinajstić information content (AvgIpc) is 2.52. The van der Waals surface area contributed by atoms with E-state index in [1.165, 1.54) is 0 Å². The summed E-state index contributed by atoms with van der Waals surface area (Å²) in [6.07, 6.45) is 4.03. The molecule has 1 saturated heterocycles. The topological polar surface area (TPSA) is 105 Å². The Morgan fingerprint density at radius 3 is 2.48 bits per heavy atom. The van der Waals surface area contributed by atoms with Gasteiger partial charge in [0.2, 0.25) is 17.7 Å². The molecule has 1 heterocycles. The van der Waals surface area contributed by atoms with E-state index in [2.05, 4.69) is 10.6 Å². The molecule has 0 aromatic rings. The molecule has 1 fully saturated rings. The van der Waals surface area contributed by atoms with Gasteiger partial charge in [0, 0.05) is 51.5 Å². The van der Waals surface area contributed by atoms with E-state index >= 15 is 0 Å². The Bertz CT molecular complexity index is 432. The smallest absolute Gasteiger partial charge is 0.224 e. The average molecular weight is 377 g/mol. The van der Waals surface area contributed by atoms with Crippen LogP contribution in [0.2, 0.25) is 0 Å². The van der Waals surface area contributed by atoms with Crippen molar-refractivity contribution in [2.45, 2.75) is 58.4 Å². The van der Waals surface area contributed by atoms with Crippen molar-refractivity contribution in [1.29, 1.82) is 0 Å². The van der Waals surface area contributed by atoms with E-state index in [1.54, 1.807) is 0 Å². The Kier molecular flexibility index (Phi) is 12.2. The van der Waals surface area contributed by atoms with Gasteiger partial charge in [-0.1, -0.05) is 13.8 Å². The number of carbonyl (C=O) groups is 3. The Hall–Kier alpha value is -1.34. The van der Waals surface area contributed by atoms with Crippen LogP contribution in [0.5, 0.6) is 0 Å². The minimum atomic E-state index is -0.0728. The number of nitrogens with two attached hydrogens (primary N) is 1. The summed E-state index contributed by atoms with van der Waals surface area (Å²) in [5, 5.41) is 5.65. The zero-order valence-electron chi connectivity index (χ0n) is 15.4. The molecule has 0 aromatic heterocycles. The first-order chi connectivity index (χ1) is 11.4. The lowest BCUT2D eigenvalue weighted by molar-refractivity contribution is -0.135. The molecular formula is C17H33ClN4O3. The lowest BCUT2D eigenvalue weighted by atomic mass is 10.0. The molecule has 146 valence electrons. The van der Waals surface area contributed by atoms with Crippen molar-refractivity contribution in [2.24, 2.45) is 11.7 Å². The van der Waals surface area contributed by atoms with Crippen LogP contribution in [0.4, 0.5) is 0 Å². The zero-order chi connectivity index (χ0) is 17.9. The van der Waals surface area contributed by atoms with Gasteiger partial charge in [-0.05, 0) is 25.2 Å². The van der Waals surface area contributed by atoms with Crippen molar-refractivity contribution in [2.75, 3.05) is 26.2 Å². The summed E-state index contributed by atoms with van der Waals surface area (Å²) in [6, 6.07) is 0.0411. The molecule has 0 saturated carbocycles. The number of nitrogens with one attached hydrogen (secondary N) is 2. The Morgan fingerprint density at radius 2 is 1.84 bits per heavy atom. The van der Waals surface area contributed by atoms with Gasteiger partial charge in [0.1, 0.15) is 0 Å². The molecule has 3 amide bonds. The third-order valence-electron chi connectivity index (χ3n) is 4.11. The monoisotopic (exact) mass is 376 g/mol. The fourth-order valence-electron chi connectivity index (χ4n) is 2.89. The SMILES string of the molecule is CC(C)CC(=O)NCCC(=O)N1CCCCC1CNC(=O)CCN.Cl. The number of amides is 3. The van der Waals surface area contributed by atoms with E-state index < -0.39 is 0 Å². The minimum Gasteiger partial charge on any atom is -0.356 e. The Morgan fingerprint density at radius 1 is 1.12 bits per heavy atom. The minimum absolute atomic E-state index is 0. The van der Waals surface area contributed by atoms with E-state index in [9.17, 15) is 14.4 Å². The second kappa shape index (κ2) is 12.9. The van der Waals surface area contributed by atoms with E-state index in [1.807, 2.05) is 18.7 Å². The highest BCUT2D eigenvalue weighted by Crippen LogP contribution is 2.17. The molecule has 0 aromatic carbocycles. The number of carbonyl (C=O) groups excluding carboxylic acids is 3. The van der Waals surface area contributed by atoms with E-state index in [0.29, 0.717) is 44.8 Å². The van der Waals surface area contributed by atoms with Crippen LogP contribution in [0.15, 0.2) is 0 Å². The van der Waals surface area contributed by atoms with Gasteiger partial charge >= 0.3 is 0 Å². The third kappa shape index (κ3) is 9.65. The normalized spacial score (nSPS) is 17.0. The first kappa shape index (κ1) is 23.7. The number of halogens is 1. The molecule has 4 N–H and O–H groups in total. The number of piperidine rings is 1. The van der Waals surface area contributed by atoms with Gasteiger partial charge < -0.3 is 21.3 Å². The van der Waals surface area contributed by atoms with Crippen LogP contribution in [0.25, 0.3) is 0 Å². The summed E-state index contributed by atoms with van der Waals surface area (Å²) < 4.78 is 0. The van der Waals surface area contributed by atoms with Crippen molar-refractivity contribution in [3.05, 3.63) is 0 Å². The van der Waals surface area contributed by atoms with E-state index in [0.717, 1.165) is 25.8 Å². The molecule has 7 nitrogen and oxygen atoms in total. The molecule has 1 unspecified atom stereocenters. The van der Waals surface area contributed by atoms with Crippen molar-refractivity contribution < 1.29 is 14.4 Å². The highest BCUT2D eigenvalue weighted by Gasteiger charge is 2.26. The van der Waals surface area contributed by atoms with Gasteiger partial charge in [0.25, 0.3) is 0 Å². The zero-order valence-corrected chi connectivity index (χ0v) is 16.2. The molecule has 1 aliphatic rings. The quantitative estimate of drug-likeness (QED) is 0.553. The Balaban J connectivity index is 0.00000576. The molecule has 0 aliphatic carbocycles. The molecule has 1 rings (SSSR count). The van der Waals surface area contributed by atoms with Crippen LogP contribution in [0.1, 0.15) is 52.4 Å². The first-order valence-corrected chi connectivity index (χ1v) is 8.97. The predicted octanol–water partition coefficient (Wildman–Crippen LogP) is 0.807. The maximum atomic E-state index is 12.4. The number of hydrogen-bond acceptors (Lipinski definition) is 4. The second-order valence-electron chi connectivity index (χ2n) is 6.78. The summed E-state index contributed by atoms with van der Waals surface area (Å²) in [5.74, 6) is 0.264. The molecule has 8 heteroatoms. The molecule has 1 aliphatic heterocycles. The van der Waals surface area contributed by atoms with Gasteiger partial charge in [0.05, 0.1) is 0 Å². The second-order valence-corrected chi connectivity index (χ2v) is 6.78. The number of nitrogens with zero attached hydrogens (tertiary/aromatic N) is 1. The molecular weight excluding hydrogens is 344 g/mol. The summed E-state index contributed by atoms with van der Waals surface area (Å²) in [6.45, 7) is 5.87. The van der Waals surface area contributed by atoms with E-state index in [-0.39, 0.29) is 36.2 Å². The predicted molar refractivity (Wildman–Crippen MR) is 100 cm³/mol. The highest BCUT2D eigenvalue weighted by molar-refractivity contribution is 5.85. The molecule has 0 bridgehead atoms. The van der Waals surface area contributed by atoms with Crippen LogP contribution < -0.4 is 16.4 Å². The number of likely N-dealkylation sites (tertiary alicyclic amines) is 1. The van der Waals surface area contributed by atoms with E-state index in [4.69, 9.17) is 5.73 Å². The maximum absolute atomic E-state index is 12.4. The lowest BCUT2D eigenvalue weighted by Gasteiger charge is -2.36. The summed E-state index contributed by atoms with van der Waals surface area (Å²) in [5.41, 5.74) is 5.36. The molecule has 0 radical (unpaired) electrons. The molecule has 1 atom stereocenters. The van der Waals surface area contributed by atoms with Gasteiger partial charge in [-0.3, -0.25) is 14.4 Å². The summed E-state index contributed by atoms with van der Waals surface area (Å²) in [7, 11) is 0. The van der Waals surface area contributed by atoms with Crippen LogP contribution in [0, 0.1) is 5.92 Å². The standard InChI is InChI=1S/C17H32N4O3.ClH/c1-13(2)11-16(23)19-9-7-17(24)21-10-4-3-5-14(21)12-20-15(22)6-8-18;/h13-14H,3-12,18H2,1-2H3,(H,19,23)(H,20,22);1H. The lowest BCUT2D eigenvalue weighted by Crippen LogP contribution is -2.50.